The summed E-state index contributed by atoms with van der Waals surface area (Å²) in [6, 6.07) is 21.0. The first kappa shape index (κ1) is 24.5. The van der Waals surface area contributed by atoms with E-state index in [-0.39, 0.29) is 12.0 Å². The Morgan fingerprint density at radius 2 is 1.86 bits per heavy atom. The number of H-pyrrole nitrogens is 1. The van der Waals surface area contributed by atoms with Gasteiger partial charge >= 0.3 is 0 Å². The molecule has 0 bridgehead atoms. The molecular formula is C28H25FN4O3. The predicted molar refractivity (Wildman–Crippen MR) is 135 cm³/mol. The number of unbranched alkanes of at least 4 members (excludes halogenated alkanes) is 1. The van der Waals surface area contributed by atoms with Crippen LogP contribution in [0, 0.1) is 17.1 Å². The summed E-state index contributed by atoms with van der Waals surface area (Å²) in [5.74, 6) is -0.773. The van der Waals surface area contributed by atoms with Crippen molar-refractivity contribution in [3.63, 3.8) is 0 Å². The van der Waals surface area contributed by atoms with E-state index in [1.807, 2.05) is 30.5 Å². The molecule has 0 radical (unpaired) electrons. The maximum absolute atomic E-state index is 13.3. The molecule has 36 heavy (non-hydrogen) atoms. The second-order valence-corrected chi connectivity index (χ2v) is 8.22. The Labute approximate surface area is 207 Å². The van der Waals surface area contributed by atoms with Crippen LogP contribution >= 0.6 is 0 Å². The lowest BCUT2D eigenvalue weighted by atomic mass is 10.0. The first-order valence-corrected chi connectivity index (χ1v) is 11.6. The van der Waals surface area contributed by atoms with Crippen LogP contribution in [0.2, 0.25) is 0 Å². The third-order valence-electron chi connectivity index (χ3n) is 5.63. The van der Waals surface area contributed by atoms with Crippen molar-refractivity contribution in [2.75, 3.05) is 11.9 Å². The highest BCUT2D eigenvalue weighted by molar-refractivity contribution is 6.01. The fourth-order valence-corrected chi connectivity index (χ4v) is 3.81. The van der Waals surface area contributed by atoms with E-state index in [2.05, 4.69) is 21.7 Å². The topological polar surface area (TPSA) is 107 Å². The summed E-state index contributed by atoms with van der Waals surface area (Å²) >= 11 is 0. The quantitative estimate of drug-likeness (QED) is 0.276. The molecule has 8 heteroatoms. The first-order valence-electron chi connectivity index (χ1n) is 11.6. The van der Waals surface area contributed by atoms with E-state index in [0.717, 1.165) is 16.5 Å². The number of nitriles is 1. The Bertz CT molecular complexity index is 1390. The molecule has 0 aliphatic rings. The van der Waals surface area contributed by atoms with Crippen molar-refractivity contribution in [3.8, 4) is 11.8 Å². The first-order chi connectivity index (χ1) is 17.5. The highest BCUT2D eigenvalue weighted by atomic mass is 19.1. The number of rotatable bonds is 10. The van der Waals surface area contributed by atoms with Crippen LogP contribution in [-0.4, -0.2) is 29.4 Å². The third kappa shape index (κ3) is 6.27. The second-order valence-electron chi connectivity index (χ2n) is 8.22. The van der Waals surface area contributed by atoms with Crippen molar-refractivity contribution in [1.29, 1.82) is 5.26 Å². The molecule has 0 aliphatic carbocycles. The predicted octanol–water partition coefficient (Wildman–Crippen LogP) is 4.97. The molecule has 0 saturated carbocycles. The monoisotopic (exact) mass is 484 g/mol. The maximum Gasteiger partial charge on any atom is 0.251 e. The van der Waals surface area contributed by atoms with E-state index in [4.69, 9.17) is 10.00 Å². The van der Waals surface area contributed by atoms with Crippen molar-refractivity contribution >= 4 is 28.4 Å². The van der Waals surface area contributed by atoms with Crippen LogP contribution in [0.3, 0.4) is 0 Å². The molecule has 2 amide bonds. The van der Waals surface area contributed by atoms with Gasteiger partial charge in [0.15, 0.2) is 0 Å². The summed E-state index contributed by atoms with van der Waals surface area (Å²) in [6.45, 7) is 0.391. The maximum atomic E-state index is 13.3. The fourth-order valence-electron chi connectivity index (χ4n) is 3.81. The number of hydrogen-bond acceptors (Lipinski definition) is 4. The summed E-state index contributed by atoms with van der Waals surface area (Å²) in [6.07, 6.45) is 3.08. The number of fused-ring (bicyclic) bond motifs is 1. The van der Waals surface area contributed by atoms with Gasteiger partial charge in [-0.2, -0.15) is 5.26 Å². The second kappa shape index (κ2) is 11.7. The Balaban J connectivity index is 1.52. The minimum absolute atomic E-state index is 0.243. The Morgan fingerprint density at radius 1 is 1.06 bits per heavy atom. The molecule has 3 aromatic carbocycles. The zero-order chi connectivity index (χ0) is 25.3. The van der Waals surface area contributed by atoms with Gasteiger partial charge in [0.25, 0.3) is 5.91 Å². The lowest BCUT2D eigenvalue weighted by molar-refractivity contribution is -0.118. The number of carbonyl (C=O) groups excluding carboxylic acids is 2. The number of aromatic amines is 1. The van der Waals surface area contributed by atoms with Gasteiger partial charge in [0.2, 0.25) is 5.91 Å². The summed E-state index contributed by atoms with van der Waals surface area (Å²) < 4.78 is 19.0. The van der Waals surface area contributed by atoms with Crippen LogP contribution in [0.5, 0.6) is 5.75 Å². The van der Waals surface area contributed by atoms with Crippen molar-refractivity contribution in [2.45, 2.75) is 25.3 Å². The average molecular weight is 485 g/mol. The van der Waals surface area contributed by atoms with Gasteiger partial charge < -0.3 is 20.4 Å². The number of halogens is 1. The van der Waals surface area contributed by atoms with Gasteiger partial charge in [-0.05, 0) is 54.4 Å². The molecule has 0 aliphatic heterocycles. The summed E-state index contributed by atoms with van der Waals surface area (Å²) in [4.78, 5) is 29.4. The smallest absolute Gasteiger partial charge is 0.251 e. The molecule has 182 valence electrons. The van der Waals surface area contributed by atoms with Gasteiger partial charge in [-0.1, -0.05) is 24.3 Å². The van der Waals surface area contributed by atoms with Crippen LogP contribution in [0.25, 0.3) is 10.9 Å². The molecule has 1 atom stereocenters. The van der Waals surface area contributed by atoms with Gasteiger partial charge in [0, 0.05) is 47.3 Å². The van der Waals surface area contributed by atoms with Crippen LogP contribution in [-0.2, 0) is 11.2 Å². The largest absolute Gasteiger partial charge is 0.493 e. The molecule has 7 nitrogen and oxygen atoms in total. The molecule has 1 heterocycles. The molecule has 0 spiro atoms. The average Bonchev–Trinajstić information content (AvgIpc) is 3.29. The standard InChI is InChI=1S/C28H25FN4O3/c29-21-12-10-19(11-13-21)27(34)33-26(16-20-18-31-25-9-2-1-8-24(20)25)28(35)32-22-6-5-7-23(17-22)36-15-4-3-14-30/h1-2,5-13,17-18,26,31H,3-4,15-16H2,(H,32,35)(H,33,34). The van der Waals surface area contributed by atoms with Crippen LogP contribution in [0.1, 0.15) is 28.8 Å². The number of nitrogens with one attached hydrogen (secondary N) is 3. The number of carbonyl (C=O) groups is 2. The Morgan fingerprint density at radius 3 is 2.67 bits per heavy atom. The SMILES string of the molecule is N#CCCCOc1cccc(NC(=O)C(Cc2c[nH]c3ccccc23)NC(=O)c2ccc(F)cc2)c1. The number of hydrogen-bond donors (Lipinski definition) is 3. The zero-order valence-electron chi connectivity index (χ0n) is 19.5. The number of anilines is 1. The number of benzene rings is 3. The van der Waals surface area contributed by atoms with E-state index in [0.29, 0.717) is 30.9 Å². The molecule has 4 aromatic rings. The lowest BCUT2D eigenvalue weighted by Gasteiger charge is -2.19. The minimum atomic E-state index is -0.901. The molecule has 0 fully saturated rings. The van der Waals surface area contributed by atoms with E-state index < -0.39 is 23.7 Å². The number of amides is 2. The molecule has 3 N–H and O–H groups in total. The van der Waals surface area contributed by atoms with Crippen molar-refractivity contribution < 1.29 is 18.7 Å². The Kier molecular flexibility index (Phi) is 7.94. The van der Waals surface area contributed by atoms with Crippen LogP contribution in [0.15, 0.2) is 79.0 Å². The third-order valence-corrected chi connectivity index (χ3v) is 5.63. The minimum Gasteiger partial charge on any atom is -0.493 e. The van der Waals surface area contributed by atoms with E-state index in [1.54, 1.807) is 24.3 Å². The number of aromatic nitrogens is 1. The fraction of sp³-hybridized carbons (Fsp3) is 0.179. The number of para-hydroxylation sites is 1. The summed E-state index contributed by atoms with van der Waals surface area (Å²) in [7, 11) is 0. The van der Waals surface area contributed by atoms with Gasteiger partial charge in [0.05, 0.1) is 12.7 Å². The molecule has 0 saturated heterocycles. The van der Waals surface area contributed by atoms with Crippen molar-refractivity contribution in [2.24, 2.45) is 0 Å². The zero-order valence-corrected chi connectivity index (χ0v) is 19.5. The lowest BCUT2D eigenvalue weighted by Crippen LogP contribution is -2.45. The summed E-state index contributed by atoms with van der Waals surface area (Å²) in [5, 5.41) is 15.3. The molecular weight excluding hydrogens is 459 g/mol. The highest BCUT2D eigenvalue weighted by Crippen LogP contribution is 2.21. The van der Waals surface area contributed by atoms with E-state index in [9.17, 15) is 14.0 Å². The number of nitrogens with zero attached hydrogens (tertiary/aromatic N) is 1. The van der Waals surface area contributed by atoms with Crippen LogP contribution in [0.4, 0.5) is 10.1 Å². The van der Waals surface area contributed by atoms with E-state index >= 15 is 0 Å². The van der Waals surface area contributed by atoms with Crippen molar-refractivity contribution in [1.82, 2.24) is 10.3 Å². The van der Waals surface area contributed by atoms with Gasteiger partial charge in [0.1, 0.15) is 17.6 Å². The molecule has 4 rings (SSSR count). The molecule has 1 unspecified atom stereocenters. The van der Waals surface area contributed by atoms with Gasteiger partial charge in [-0.3, -0.25) is 9.59 Å². The number of ether oxygens (including phenoxy) is 1. The van der Waals surface area contributed by atoms with Gasteiger partial charge in [-0.25, -0.2) is 4.39 Å². The van der Waals surface area contributed by atoms with Crippen LogP contribution < -0.4 is 15.4 Å². The van der Waals surface area contributed by atoms with Gasteiger partial charge in [-0.15, -0.1) is 0 Å². The Hall–Kier alpha value is -4.64. The van der Waals surface area contributed by atoms with E-state index in [1.165, 1.54) is 24.3 Å². The van der Waals surface area contributed by atoms with Crippen molar-refractivity contribution in [3.05, 3.63) is 95.9 Å². The highest BCUT2D eigenvalue weighted by Gasteiger charge is 2.23. The molecule has 1 aromatic heterocycles. The summed E-state index contributed by atoms with van der Waals surface area (Å²) in [5.41, 5.74) is 2.57. The normalized spacial score (nSPS) is 11.4.